The molecule has 1 fully saturated rings. The highest BCUT2D eigenvalue weighted by molar-refractivity contribution is 7.91. The summed E-state index contributed by atoms with van der Waals surface area (Å²) < 4.78 is 39.0. The quantitative estimate of drug-likeness (QED) is 0.837. The van der Waals surface area contributed by atoms with E-state index in [4.69, 9.17) is 11.6 Å². The van der Waals surface area contributed by atoms with E-state index in [-0.39, 0.29) is 31.0 Å². The van der Waals surface area contributed by atoms with Gasteiger partial charge in [0.25, 0.3) is 0 Å². The van der Waals surface area contributed by atoms with Crippen molar-refractivity contribution in [2.75, 3.05) is 24.2 Å². The van der Waals surface area contributed by atoms with E-state index in [1.807, 2.05) is 0 Å². The summed E-state index contributed by atoms with van der Waals surface area (Å²) in [6.07, 6.45) is 0.233. The van der Waals surface area contributed by atoms with Crippen LogP contribution < -0.4 is 5.32 Å². The van der Waals surface area contributed by atoms with Crippen LogP contribution in [0, 0.1) is 5.82 Å². The van der Waals surface area contributed by atoms with E-state index in [0.29, 0.717) is 10.6 Å². The van der Waals surface area contributed by atoms with Crippen LogP contribution >= 0.6 is 11.6 Å². The molecule has 0 aliphatic carbocycles. The number of nitrogens with one attached hydrogen (secondary N) is 1. The number of para-hydroxylation sites is 1. The molecule has 3 rings (SSSR count). The molecule has 1 aliphatic rings. The number of anilines is 1. The van der Waals surface area contributed by atoms with Crippen molar-refractivity contribution in [3.05, 3.63) is 64.9 Å². The molecule has 0 aromatic heterocycles. The molecule has 0 bridgehead atoms. The number of rotatable bonds is 2. The van der Waals surface area contributed by atoms with Gasteiger partial charge in [0, 0.05) is 18.1 Å². The molecule has 138 valence electrons. The summed E-state index contributed by atoms with van der Waals surface area (Å²) in [7, 11) is -3.46. The Balaban J connectivity index is 1.77. The highest BCUT2D eigenvalue weighted by Gasteiger charge is 2.33. The molecule has 1 heterocycles. The van der Waals surface area contributed by atoms with Gasteiger partial charge < -0.3 is 10.2 Å². The minimum absolute atomic E-state index is 0.0452. The summed E-state index contributed by atoms with van der Waals surface area (Å²) in [6.45, 7) is 0.277. The van der Waals surface area contributed by atoms with Gasteiger partial charge in [0.15, 0.2) is 9.84 Å². The highest BCUT2D eigenvalue weighted by atomic mass is 35.5. The number of carbonyl (C=O) groups excluding carboxylic acids is 1. The number of nitrogens with zero attached hydrogens (tertiary/aromatic N) is 1. The van der Waals surface area contributed by atoms with Crippen molar-refractivity contribution in [3.8, 4) is 0 Å². The topological polar surface area (TPSA) is 66.5 Å². The summed E-state index contributed by atoms with van der Waals surface area (Å²) >= 11 is 6.16. The third-order valence-corrected chi connectivity index (χ3v) is 6.85. The lowest BCUT2D eigenvalue weighted by molar-refractivity contribution is 0.215. The Bertz CT molecular complexity index is 920. The third kappa shape index (κ3) is 3.99. The van der Waals surface area contributed by atoms with Gasteiger partial charge in [-0.25, -0.2) is 17.6 Å². The smallest absolute Gasteiger partial charge is 0.321 e. The number of halogens is 2. The minimum atomic E-state index is -3.46. The summed E-state index contributed by atoms with van der Waals surface area (Å²) in [6, 6.07) is 12.1. The van der Waals surface area contributed by atoms with Gasteiger partial charge in [-0.1, -0.05) is 41.9 Å². The Morgan fingerprint density at radius 2 is 1.81 bits per heavy atom. The first kappa shape index (κ1) is 18.7. The van der Waals surface area contributed by atoms with E-state index in [1.165, 1.54) is 23.1 Å². The van der Waals surface area contributed by atoms with Gasteiger partial charge in [-0.05, 0) is 30.2 Å². The molecule has 8 heteroatoms. The molecule has 2 aromatic carbocycles. The molecule has 26 heavy (non-hydrogen) atoms. The summed E-state index contributed by atoms with van der Waals surface area (Å²) in [5.41, 5.74) is 0.609. The number of carbonyl (C=O) groups is 1. The maximum Gasteiger partial charge on any atom is 0.321 e. The molecule has 1 unspecified atom stereocenters. The number of amides is 2. The molecule has 0 radical (unpaired) electrons. The lowest BCUT2D eigenvalue weighted by Gasteiger charge is -2.21. The standard InChI is InChI=1S/C18H18ClFN2O3S/c19-14-6-2-1-5-13(14)17-9-10-22(11-12-26(17,24)25)18(23)21-16-8-4-3-7-15(16)20/h1-8,17H,9-12H2,(H,21,23). The Hall–Kier alpha value is -2.12. The fourth-order valence-electron chi connectivity index (χ4n) is 2.99. The zero-order valence-corrected chi connectivity index (χ0v) is 15.4. The summed E-state index contributed by atoms with van der Waals surface area (Å²) in [4.78, 5) is 13.8. The SMILES string of the molecule is O=C(Nc1ccccc1F)N1CCC(c2ccccc2Cl)S(=O)(=O)CC1. The van der Waals surface area contributed by atoms with Gasteiger partial charge in [0.05, 0.1) is 16.7 Å². The van der Waals surface area contributed by atoms with E-state index < -0.39 is 26.9 Å². The molecule has 1 atom stereocenters. The second-order valence-corrected chi connectivity index (χ2v) is 8.77. The largest absolute Gasteiger partial charge is 0.323 e. The van der Waals surface area contributed by atoms with E-state index in [9.17, 15) is 17.6 Å². The van der Waals surface area contributed by atoms with Crippen molar-refractivity contribution in [1.29, 1.82) is 0 Å². The van der Waals surface area contributed by atoms with Crippen LogP contribution in [0.1, 0.15) is 17.2 Å². The highest BCUT2D eigenvalue weighted by Crippen LogP contribution is 2.33. The first-order valence-electron chi connectivity index (χ1n) is 8.15. The van der Waals surface area contributed by atoms with Crippen LogP contribution in [-0.4, -0.2) is 38.2 Å². The van der Waals surface area contributed by atoms with E-state index in [1.54, 1.807) is 30.3 Å². The average molecular weight is 397 g/mol. The molecule has 5 nitrogen and oxygen atoms in total. The molecule has 2 amide bonds. The molecular weight excluding hydrogens is 379 g/mol. The van der Waals surface area contributed by atoms with Crippen molar-refractivity contribution in [1.82, 2.24) is 4.90 Å². The Kier molecular flexibility index (Phi) is 5.48. The molecule has 1 saturated heterocycles. The maximum absolute atomic E-state index is 13.7. The van der Waals surface area contributed by atoms with Crippen molar-refractivity contribution < 1.29 is 17.6 Å². The second kappa shape index (κ2) is 7.63. The zero-order valence-electron chi connectivity index (χ0n) is 13.9. The second-order valence-electron chi connectivity index (χ2n) is 6.06. The lowest BCUT2D eigenvalue weighted by atomic mass is 10.1. The predicted octanol–water partition coefficient (Wildman–Crippen LogP) is 3.87. The van der Waals surface area contributed by atoms with Crippen LogP contribution in [0.2, 0.25) is 5.02 Å². The van der Waals surface area contributed by atoms with E-state index in [0.717, 1.165) is 0 Å². The third-order valence-electron chi connectivity index (χ3n) is 4.40. The monoisotopic (exact) mass is 396 g/mol. The van der Waals surface area contributed by atoms with Crippen molar-refractivity contribution >= 4 is 33.2 Å². The summed E-state index contributed by atoms with van der Waals surface area (Å²) in [5.74, 6) is -0.717. The van der Waals surface area contributed by atoms with E-state index >= 15 is 0 Å². The zero-order chi connectivity index (χ0) is 18.7. The van der Waals surface area contributed by atoms with Gasteiger partial charge in [-0.15, -0.1) is 0 Å². The van der Waals surface area contributed by atoms with Crippen LogP contribution in [0.15, 0.2) is 48.5 Å². The van der Waals surface area contributed by atoms with Crippen LogP contribution in [0.5, 0.6) is 0 Å². The minimum Gasteiger partial charge on any atom is -0.323 e. The maximum atomic E-state index is 13.7. The Morgan fingerprint density at radius 3 is 2.54 bits per heavy atom. The Morgan fingerprint density at radius 1 is 1.12 bits per heavy atom. The van der Waals surface area contributed by atoms with Crippen LogP contribution in [0.3, 0.4) is 0 Å². The van der Waals surface area contributed by atoms with Gasteiger partial charge >= 0.3 is 6.03 Å². The first-order chi connectivity index (χ1) is 12.4. The average Bonchev–Trinajstić information content (AvgIpc) is 2.76. The van der Waals surface area contributed by atoms with Crippen molar-refractivity contribution in [2.45, 2.75) is 11.7 Å². The van der Waals surface area contributed by atoms with Gasteiger partial charge in [-0.3, -0.25) is 0 Å². The number of hydrogen-bond acceptors (Lipinski definition) is 3. The fraction of sp³-hybridized carbons (Fsp3) is 0.278. The normalized spacial score (nSPS) is 19.6. The van der Waals surface area contributed by atoms with Crippen LogP contribution in [0.25, 0.3) is 0 Å². The van der Waals surface area contributed by atoms with Crippen molar-refractivity contribution in [2.24, 2.45) is 0 Å². The van der Waals surface area contributed by atoms with E-state index in [2.05, 4.69) is 5.32 Å². The van der Waals surface area contributed by atoms with Crippen LogP contribution in [-0.2, 0) is 9.84 Å². The number of hydrogen-bond donors (Lipinski definition) is 1. The first-order valence-corrected chi connectivity index (χ1v) is 10.2. The molecule has 0 spiro atoms. The number of benzene rings is 2. The predicted molar refractivity (Wildman–Crippen MR) is 99.6 cm³/mol. The van der Waals surface area contributed by atoms with Gasteiger partial charge in [-0.2, -0.15) is 0 Å². The molecule has 1 N–H and O–H groups in total. The molecule has 1 aliphatic heterocycles. The lowest BCUT2D eigenvalue weighted by Crippen LogP contribution is -2.37. The Labute approximate surface area is 156 Å². The van der Waals surface area contributed by atoms with Crippen molar-refractivity contribution in [3.63, 3.8) is 0 Å². The number of urea groups is 1. The van der Waals surface area contributed by atoms with Gasteiger partial charge in [0.2, 0.25) is 0 Å². The molecule has 2 aromatic rings. The number of sulfone groups is 1. The molecular formula is C18H18ClFN2O3S. The van der Waals surface area contributed by atoms with Gasteiger partial charge in [0.1, 0.15) is 5.82 Å². The molecule has 0 saturated carbocycles. The fourth-order valence-corrected chi connectivity index (χ4v) is 5.14. The van der Waals surface area contributed by atoms with Crippen LogP contribution in [0.4, 0.5) is 14.9 Å². The summed E-state index contributed by atoms with van der Waals surface area (Å²) in [5, 5.41) is 2.12.